The van der Waals surface area contributed by atoms with Crippen LogP contribution >= 0.6 is 0 Å². The lowest BCUT2D eigenvalue weighted by Crippen LogP contribution is -2.44. The molecule has 0 aliphatic carbocycles. The molecule has 252 valence electrons. The summed E-state index contributed by atoms with van der Waals surface area (Å²) in [5, 5.41) is 12.5. The number of esters is 1. The van der Waals surface area contributed by atoms with E-state index in [1.807, 2.05) is 78.9 Å². The zero-order chi connectivity index (χ0) is 34.2. The molecule has 5 rings (SSSR count). The van der Waals surface area contributed by atoms with Crippen LogP contribution in [0.15, 0.2) is 103 Å². The van der Waals surface area contributed by atoms with Gasteiger partial charge in [-0.25, -0.2) is 0 Å². The summed E-state index contributed by atoms with van der Waals surface area (Å²) in [5.74, 6) is -0.781. The third-order valence-corrected chi connectivity index (χ3v) is 9.21. The lowest BCUT2D eigenvalue weighted by molar-refractivity contribution is -0.276. The number of hydrogen-bond donors (Lipinski definition) is 2. The minimum atomic E-state index is -0.867. The Morgan fingerprint density at radius 1 is 0.875 bits per heavy atom. The van der Waals surface area contributed by atoms with E-state index in [0.717, 1.165) is 39.9 Å². The van der Waals surface area contributed by atoms with Crippen LogP contribution in [0.2, 0.25) is 0 Å². The highest BCUT2D eigenvalue weighted by molar-refractivity contribution is 5.83. The summed E-state index contributed by atoms with van der Waals surface area (Å²) in [5.41, 5.74) is 6.98. The Balaban J connectivity index is 1.36. The van der Waals surface area contributed by atoms with E-state index in [-0.39, 0.29) is 36.7 Å². The first-order valence-corrected chi connectivity index (χ1v) is 16.5. The van der Waals surface area contributed by atoms with E-state index in [9.17, 15) is 14.7 Å². The fourth-order valence-corrected chi connectivity index (χ4v) is 6.16. The minimum Gasteiger partial charge on any atom is -0.453 e. The van der Waals surface area contributed by atoms with E-state index in [4.69, 9.17) is 14.2 Å². The number of amides is 1. The summed E-state index contributed by atoms with van der Waals surface area (Å²) in [7, 11) is 2.13. The molecule has 48 heavy (non-hydrogen) atoms. The molecule has 4 aromatic rings. The number of hydrogen-bond acceptors (Lipinski definition) is 7. The molecule has 6 atom stereocenters. The normalized spacial score (nSPS) is 20.6. The molecule has 0 aromatic heterocycles. The van der Waals surface area contributed by atoms with Crippen LogP contribution in [-0.2, 0) is 37.0 Å². The second kappa shape index (κ2) is 16.2. The number of benzene rings is 4. The van der Waals surface area contributed by atoms with Crippen LogP contribution in [0.5, 0.6) is 0 Å². The van der Waals surface area contributed by atoms with Crippen LogP contribution in [0.1, 0.15) is 73.9 Å². The Labute approximate surface area is 283 Å². The van der Waals surface area contributed by atoms with E-state index in [0.29, 0.717) is 6.54 Å². The number of likely N-dealkylation sites (N-methyl/N-ethyl adjacent to an activating group) is 1. The summed E-state index contributed by atoms with van der Waals surface area (Å²) < 4.78 is 18.4. The van der Waals surface area contributed by atoms with Crippen molar-refractivity contribution in [2.24, 2.45) is 5.92 Å². The number of ether oxygens (including phenoxy) is 3. The van der Waals surface area contributed by atoms with Gasteiger partial charge in [-0.15, -0.1) is 0 Å². The molecule has 0 spiro atoms. The molecule has 0 bridgehead atoms. The predicted molar refractivity (Wildman–Crippen MR) is 185 cm³/mol. The Kier molecular flexibility index (Phi) is 11.8. The van der Waals surface area contributed by atoms with E-state index < -0.39 is 18.4 Å². The maximum absolute atomic E-state index is 12.5. The molecule has 8 nitrogen and oxygen atoms in total. The summed E-state index contributed by atoms with van der Waals surface area (Å²) in [6.07, 6.45) is -1.77. The third kappa shape index (κ3) is 8.57. The first kappa shape index (κ1) is 35.0. The van der Waals surface area contributed by atoms with Gasteiger partial charge in [0.1, 0.15) is 0 Å². The van der Waals surface area contributed by atoms with Gasteiger partial charge in [0.15, 0.2) is 12.4 Å². The summed E-state index contributed by atoms with van der Waals surface area (Å²) >= 11 is 0. The predicted octanol–water partition coefficient (Wildman–Crippen LogP) is 6.90. The maximum atomic E-state index is 12.5. The van der Waals surface area contributed by atoms with Gasteiger partial charge in [0, 0.05) is 37.5 Å². The Morgan fingerprint density at radius 2 is 1.52 bits per heavy atom. The van der Waals surface area contributed by atoms with Crippen molar-refractivity contribution < 1.29 is 28.9 Å². The molecule has 1 saturated heterocycles. The zero-order valence-electron chi connectivity index (χ0n) is 28.3. The quantitative estimate of drug-likeness (QED) is 0.161. The van der Waals surface area contributed by atoms with E-state index >= 15 is 0 Å². The van der Waals surface area contributed by atoms with Crippen LogP contribution < -0.4 is 5.32 Å². The molecule has 0 radical (unpaired) electrons. The van der Waals surface area contributed by atoms with Crippen LogP contribution in [0.3, 0.4) is 0 Å². The van der Waals surface area contributed by atoms with E-state index in [1.165, 1.54) is 12.5 Å². The highest BCUT2D eigenvalue weighted by Gasteiger charge is 2.39. The highest BCUT2D eigenvalue weighted by Crippen LogP contribution is 2.42. The standard InChI is InChI=1S/C40H46N2O6/c1-26-37(24-42(5)27(2)31-11-7-6-8-12-31)47-40(48-38(26)33-17-15-30(25-43)16-18-33)34-21-19-32(20-22-34)36-14-10-9-13-35(36)23-41-39(45)28(3)46-29(4)44/h6-22,26-28,37-38,40,43H,23-25H2,1-5H3,(H,41,45)/t26-,27+,28+,37+,38+,40+/m1/s1. The summed E-state index contributed by atoms with van der Waals surface area (Å²) in [6.45, 7) is 8.24. The fraction of sp³-hybridized carbons (Fsp3) is 0.350. The van der Waals surface area contributed by atoms with Gasteiger partial charge >= 0.3 is 5.97 Å². The second-order valence-corrected chi connectivity index (χ2v) is 12.6. The van der Waals surface area contributed by atoms with Crippen molar-refractivity contribution in [2.45, 2.75) is 71.5 Å². The topological polar surface area (TPSA) is 97.3 Å². The van der Waals surface area contributed by atoms with Gasteiger partial charge in [0.05, 0.1) is 18.8 Å². The van der Waals surface area contributed by atoms with Crippen molar-refractivity contribution in [2.75, 3.05) is 13.6 Å². The average molecular weight is 651 g/mol. The Morgan fingerprint density at radius 3 is 2.19 bits per heavy atom. The largest absolute Gasteiger partial charge is 0.453 e. The molecule has 1 aliphatic rings. The average Bonchev–Trinajstić information content (AvgIpc) is 3.11. The van der Waals surface area contributed by atoms with Crippen LogP contribution in [0.25, 0.3) is 11.1 Å². The van der Waals surface area contributed by atoms with Crippen LogP contribution in [0, 0.1) is 5.92 Å². The van der Waals surface area contributed by atoms with Crippen molar-refractivity contribution in [1.82, 2.24) is 10.2 Å². The smallest absolute Gasteiger partial charge is 0.303 e. The first-order chi connectivity index (χ1) is 23.1. The molecular weight excluding hydrogens is 604 g/mol. The maximum Gasteiger partial charge on any atom is 0.303 e. The number of aliphatic hydroxyl groups excluding tert-OH is 1. The highest BCUT2D eigenvalue weighted by atomic mass is 16.7. The number of nitrogens with zero attached hydrogens (tertiary/aromatic N) is 1. The molecule has 0 unspecified atom stereocenters. The molecule has 1 fully saturated rings. The minimum absolute atomic E-state index is 0.00681. The number of nitrogens with one attached hydrogen (secondary N) is 1. The van der Waals surface area contributed by atoms with Gasteiger partial charge in [-0.05, 0) is 54.3 Å². The molecule has 8 heteroatoms. The van der Waals surface area contributed by atoms with Crippen molar-refractivity contribution >= 4 is 11.9 Å². The zero-order valence-corrected chi connectivity index (χ0v) is 28.3. The fourth-order valence-electron chi connectivity index (χ4n) is 6.16. The Bertz CT molecular complexity index is 1640. The molecule has 1 heterocycles. The lowest BCUT2D eigenvalue weighted by atomic mass is 9.89. The summed E-state index contributed by atoms with van der Waals surface area (Å²) in [6, 6.07) is 34.7. The molecule has 0 saturated carbocycles. The van der Waals surface area contributed by atoms with Crippen molar-refractivity contribution in [3.8, 4) is 11.1 Å². The summed E-state index contributed by atoms with van der Waals surface area (Å²) in [4.78, 5) is 26.1. The monoisotopic (exact) mass is 650 g/mol. The van der Waals surface area contributed by atoms with Gasteiger partial charge < -0.3 is 24.6 Å². The molecule has 1 aliphatic heterocycles. The lowest BCUT2D eigenvalue weighted by Gasteiger charge is -2.43. The number of aliphatic hydroxyl groups is 1. The number of rotatable bonds is 12. The number of carbonyl (C=O) groups is 2. The van der Waals surface area contributed by atoms with Gasteiger partial charge in [0.2, 0.25) is 0 Å². The van der Waals surface area contributed by atoms with Gasteiger partial charge in [-0.2, -0.15) is 0 Å². The van der Waals surface area contributed by atoms with Crippen molar-refractivity contribution in [3.63, 3.8) is 0 Å². The van der Waals surface area contributed by atoms with Crippen molar-refractivity contribution in [1.29, 1.82) is 0 Å². The molecule has 2 N–H and O–H groups in total. The van der Waals surface area contributed by atoms with Crippen molar-refractivity contribution in [3.05, 3.63) is 131 Å². The van der Waals surface area contributed by atoms with Gasteiger partial charge in [-0.3, -0.25) is 14.5 Å². The van der Waals surface area contributed by atoms with Crippen LogP contribution in [-0.4, -0.2) is 47.7 Å². The second-order valence-electron chi connectivity index (χ2n) is 12.6. The van der Waals surface area contributed by atoms with Crippen LogP contribution in [0.4, 0.5) is 0 Å². The molecular formula is C40H46N2O6. The number of carbonyl (C=O) groups excluding carboxylic acids is 2. The van der Waals surface area contributed by atoms with Gasteiger partial charge in [0.25, 0.3) is 5.91 Å². The third-order valence-electron chi connectivity index (χ3n) is 9.21. The molecule has 1 amide bonds. The van der Waals surface area contributed by atoms with E-state index in [2.05, 4.69) is 55.4 Å². The van der Waals surface area contributed by atoms with Gasteiger partial charge in [-0.1, -0.05) is 110 Å². The first-order valence-electron chi connectivity index (χ1n) is 16.5. The van der Waals surface area contributed by atoms with E-state index in [1.54, 1.807) is 6.92 Å². The SMILES string of the molecule is CC(=O)O[C@@H](C)C(=O)NCc1ccccc1-c1ccc([C@H]2O[C@@H](CN(C)[C@@H](C)c3ccccc3)[C@@H](C)[C@@H](c3ccc(CO)cc3)O2)cc1. The Hall–Kier alpha value is -4.34. The molecule has 4 aromatic carbocycles.